The molecule has 1 aliphatic heterocycles. The molecule has 0 unspecified atom stereocenters. The zero-order valence-corrected chi connectivity index (χ0v) is 13.9. The van der Waals surface area contributed by atoms with Crippen LogP contribution in [0.25, 0.3) is 0 Å². The van der Waals surface area contributed by atoms with Gasteiger partial charge in [-0.3, -0.25) is 4.79 Å². The third-order valence-electron chi connectivity index (χ3n) is 5.36. The van der Waals surface area contributed by atoms with Crippen LogP contribution in [0.2, 0.25) is 0 Å². The summed E-state index contributed by atoms with van der Waals surface area (Å²) in [5.74, 6) is 0.657. The second-order valence-corrected chi connectivity index (χ2v) is 6.61. The van der Waals surface area contributed by atoms with Crippen molar-refractivity contribution in [1.82, 2.24) is 19.4 Å². The Morgan fingerprint density at radius 2 is 2.14 bits per heavy atom. The van der Waals surface area contributed by atoms with Crippen LogP contribution in [0.3, 0.4) is 0 Å². The first-order valence-electron chi connectivity index (χ1n) is 8.74. The molecule has 1 amide bonds. The van der Waals surface area contributed by atoms with Gasteiger partial charge in [0.15, 0.2) is 0 Å². The molecule has 2 heterocycles. The summed E-state index contributed by atoms with van der Waals surface area (Å²) in [5, 5.41) is 0. The van der Waals surface area contributed by atoms with E-state index in [0.717, 1.165) is 52.0 Å². The van der Waals surface area contributed by atoms with E-state index >= 15 is 0 Å². The highest BCUT2D eigenvalue weighted by atomic mass is 16.2. The fourth-order valence-electron chi connectivity index (χ4n) is 3.57. The standard InChI is InChI=1S/C17H28N4O/c1-3-19(4-2)9-8-15-11-20(17(22)14-6-5-7-14)12-16-10-18-13-21(15)16/h10,13-15H,3-9,11-12H2,1-2H3/t15-/m1/s1. The predicted octanol–water partition coefficient (Wildman–Crippen LogP) is 2.30. The number of carbonyl (C=O) groups excluding carboxylic acids is 1. The molecule has 5 nitrogen and oxygen atoms in total. The summed E-state index contributed by atoms with van der Waals surface area (Å²) in [6.45, 7) is 9.26. The fourth-order valence-corrected chi connectivity index (χ4v) is 3.57. The molecule has 1 atom stereocenters. The first kappa shape index (κ1) is 15.5. The second kappa shape index (κ2) is 6.82. The number of nitrogens with zero attached hydrogens (tertiary/aromatic N) is 4. The lowest BCUT2D eigenvalue weighted by molar-refractivity contribution is -0.140. The van der Waals surface area contributed by atoms with Gasteiger partial charge in [-0.2, -0.15) is 0 Å². The van der Waals surface area contributed by atoms with Crippen molar-refractivity contribution in [2.24, 2.45) is 5.92 Å². The van der Waals surface area contributed by atoms with Crippen molar-refractivity contribution in [2.75, 3.05) is 26.2 Å². The van der Waals surface area contributed by atoms with Crippen molar-refractivity contribution in [3.05, 3.63) is 18.2 Å². The maximum atomic E-state index is 12.6. The van der Waals surface area contributed by atoms with E-state index in [0.29, 0.717) is 11.9 Å². The Balaban J connectivity index is 1.67. The molecule has 122 valence electrons. The number of rotatable bonds is 6. The van der Waals surface area contributed by atoms with Crippen LogP contribution < -0.4 is 0 Å². The van der Waals surface area contributed by atoms with Crippen molar-refractivity contribution >= 4 is 5.91 Å². The summed E-state index contributed by atoms with van der Waals surface area (Å²) in [7, 11) is 0. The van der Waals surface area contributed by atoms with Gasteiger partial charge in [-0.25, -0.2) is 4.98 Å². The van der Waals surface area contributed by atoms with Crippen molar-refractivity contribution in [3.63, 3.8) is 0 Å². The minimum absolute atomic E-state index is 0.290. The quantitative estimate of drug-likeness (QED) is 0.810. The van der Waals surface area contributed by atoms with Crippen molar-refractivity contribution in [1.29, 1.82) is 0 Å². The highest BCUT2D eigenvalue weighted by Crippen LogP contribution is 2.31. The lowest BCUT2D eigenvalue weighted by Crippen LogP contribution is -2.45. The van der Waals surface area contributed by atoms with E-state index < -0.39 is 0 Å². The number of hydrogen-bond acceptors (Lipinski definition) is 3. The molecule has 5 heteroatoms. The molecule has 2 aliphatic rings. The maximum absolute atomic E-state index is 12.6. The Morgan fingerprint density at radius 3 is 2.77 bits per heavy atom. The van der Waals surface area contributed by atoms with Crippen LogP contribution in [0.1, 0.15) is 51.3 Å². The van der Waals surface area contributed by atoms with E-state index in [2.05, 4.69) is 33.2 Å². The zero-order valence-electron chi connectivity index (χ0n) is 13.9. The molecule has 0 aromatic carbocycles. The molecule has 1 aromatic heterocycles. The molecule has 1 aliphatic carbocycles. The molecule has 1 saturated carbocycles. The molecule has 22 heavy (non-hydrogen) atoms. The van der Waals surface area contributed by atoms with Gasteiger partial charge in [-0.1, -0.05) is 20.3 Å². The van der Waals surface area contributed by atoms with Crippen LogP contribution in [0, 0.1) is 5.92 Å². The third-order valence-corrected chi connectivity index (χ3v) is 5.36. The van der Waals surface area contributed by atoms with Gasteiger partial charge >= 0.3 is 0 Å². The Hall–Kier alpha value is -1.36. The molecule has 3 rings (SSSR count). The molecule has 1 aromatic rings. The maximum Gasteiger partial charge on any atom is 0.226 e. The summed E-state index contributed by atoms with van der Waals surface area (Å²) >= 11 is 0. The van der Waals surface area contributed by atoms with Gasteiger partial charge in [-0.05, 0) is 32.4 Å². The summed E-state index contributed by atoms with van der Waals surface area (Å²) in [6.07, 6.45) is 8.32. The van der Waals surface area contributed by atoms with Crippen molar-refractivity contribution in [3.8, 4) is 0 Å². The number of fused-ring (bicyclic) bond motifs is 1. The number of imidazole rings is 1. The van der Waals surface area contributed by atoms with Gasteiger partial charge in [0.05, 0.1) is 24.6 Å². The highest BCUT2D eigenvalue weighted by Gasteiger charge is 2.34. The van der Waals surface area contributed by atoms with Gasteiger partial charge in [-0.15, -0.1) is 0 Å². The topological polar surface area (TPSA) is 41.4 Å². The zero-order chi connectivity index (χ0) is 15.5. The minimum Gasteiger partial charge on any atom is -0.334 e. The summed E-state index contributed by atoms with van der Waals surface area (Å²) in [6, 6.07) is 0.371. The van der Waals surface area contributed by atoms with Crippen molar-refractivity contribution in [2.45, 2.75) is 52.1 Å². The molecule has 0 saturated heterocycles. The Bertz CT molecular complexity index is 505. The molecule has 0 spiro atoms. The molecule has 0 radical (unpaired) electrons. The normalized spacial score (nSPS) is 21.8. The lowest BCUT2D eigenvalue weighted by Gasteiger charge is -2.38. The van der Waals surface area contributed by atoms with Crippen molar-refractivity contribution < 1.29 is 4.79 Å². The van der Waals surface area contributed by atoms with Gasteiger partial charge < -0.3 is 14.4 Å². The van der Waals surface area contributed by atoms with Gasteiger partial charge in [0.1, 0.15) is 0 Å². The van der Waals surface area contributed by atoms with E-state index in [1.165, 1.54) is 12.1 Å². The summed E-state index contributed by atoms with van der Waals surface area (Å²) < 4.78 is 2.29. The second-order valence-electron chi connectivity index (χ2n) is 6.61. The van der Waals surface area contributed by atoms with E-state index in [1.54, 1.807) is 0 Å². The SMILES string of the molecule is CCN(CC)CC[C@@H]1CN(C(=O)C2CCC2)Cc2cncn21. The Morgan fingerprint density at radius 1 is 1.36 bits per heavy atom. The third kappa shape index (κ3) is 3.05. The smallest absolute Gasteiger partial charge is 0.226 e. The van der Waals surface area contributed by atoms with Gasteiger partial charge in [0.2, 0.25) is 5.91 Å². The van der Waals surface area contributed by atoms with Crippen LogP contribution in [-0.4, -0.2) is 51.4 Å². The predicted molar refractivity (Wildman–Crippen MR) is 86.4 cm³/mol. The number of carbonyl (C=O) groups is 1. The van der Waals surface area contributed by atoms with E-state index in [4.69, 9.17) is 0 Å². The van der Waals surface area contributed by atoms with E-state index in [9.17, 15) is 4.79 Å². The first-order chi connectivity index (χ1) is 10.7. The van der Waals surface area contributed by atoms with Crippen LogP contribution in [-0.2, 0) is 11.3 Å². The monoisotopic (exact) mass is 304 g/mol. The summed E-state index contributed by atoms with van der Waals surface area (Å²) in [5.41, 5.74) is 1.18. The van der Waals surface area contributed by atoms with Gasteiger partial charge in [0, 0.05) is 25.2 Å². The van der Waals surface area contributed by atoms with Gasteiger partial charge in [0.25, 0.3) is 0 Å². The molecule has 1 fully saturated rings. The lowest BCUT2D eigenvalue weighted by atomic mass is 9.84. The largest absolute Gasteiger partial charge is 0.334 e. The first-order valence-corrected chi connectivity index (χ1v) is 8.74. The number of aromatic nitrogens is 2. The number of amides is 1. The van der Waals surface area contributed by atoms with E-state index in [1.807, 2.05) is 12.5 Å². The highest BCUT2D eigenvalue weighted by molar-refractivity contribution is 5.79. The Labute approximate surface area is 133 Å². The molecular weight excluding hydrogens is 276 g/mol. The fraction of sp³-hybridized carbons (Fsp3) is 0.765. The Kier molecular flexibility index (Phi) is 4.81. The van der Waals surface area contributed by atoms with Crippen LogP contribution in [0.4, 0.5) is 0 Å². The summed E-state index contributed by atoms with van der Waals surface area (Å²) in [4.78, 5) is 21.4. The minimum atomic E-state index is 0.290. The van der Waals surface area contributed by atoms with E-state index in [-0.39, 0.29) is 5.92 Å². The average Bonchev–Trinajstić information content (AvgIpc) is 2.94. The van der Waals surface area contributed by atoms with Crippen LogP contribution in [0.15, 0.2) is 12.5 Å². The molecule has 0 bridgehead atoms. The number of hydrogen-bond donors (Lipinski definition) is 0. The molecular formula is C17H28N4O. The van der Waals surface area contributed by atoms with Crippen LogP contribution in [0.5, 0.6) is 0 Å². The van der Waals surface area contributed by atoms with Crippen LogP contribution >= 0.6 is 0 Å². The average molecular weight is 304 g/mol. The molecule has 0 N–H and O–H groups in total.